The lowest BCUT2D eigenvalue weighted by atomic mass is 10.3. The van der Waals surface area contributed by atoms with E-state index in [0.717, 1.165) is 6.54 Å². The summed E-state index contributed by atoms with van der Waals surface area (Å²) in [6.45, 7) is 1.41. The molecule has 0 radical (unpaired) electrons. The molecule has 0 unspecified atom stereocenters. The van der Waals surface area contributed by atoms with Gasteiger partial charge >= 0.3 is 0 Å². The minimum absolute atomic E-state index is 0.0363. The summed E-state index contributed by atoms with van der Waals surface area (Å²) in [4.78, 5) is 24.3. The molecule has 6 heteroatoms. The number of rotatable bonds is 8. The first-order chi connectivity index (χ1) is 7.56. The van der Waals surface area contributed by atoms with Gasteiger partial charge in [-0.05, 0) is 20.5 Å². The Morgan fingerprint density at radius 1 is 1.19 bits per heavy atom. The van der Waals surface area contributed by atoms with Crippen LogP contribution in [0.3, 0.4) is 0 Å². The van der Waals surface area contributed by atoms with Crippen molar-refractivity contribution in [2.45, 2.75) is 12.8 Å². The zero-order valence-corrected chi connectivity index (χ0v) is 10.6. The van der Waals surface area contributed by atoms with Crippen molar-refractivity contribution in [3.05, 3.63) is 0 Å². The van der Waals surface area contributed by atoms with Crippen molar-refractivity contribution in [2.75, 3.05) is 39.6 Å². The van der Waals surface area contributed by atoms with Gasteiger partial charge in [0.1, 0.15) is 0 Å². The highest BCUT2D eigenvalue weighted by atomic mass is 35.5. The molecule has 0 rings (SSSR count). The van der Waals surface area contributed by atoms with Crippen LogP contribution in [0.15, 0.2) is 0 Å². The number of halogens is 1. The molecule has 0 fully saturated rings. The SMILES string of the molecule is CN(C)CCNC(=O)CNC(=O)CCCCl. The van der Waals surface area contributed by atoms with Gasteiger partial charge in [0.25, 0.3) is 0 Å². The molecule has 0 aliphatic heterocycles. The van der Waals surface area contributed by atoms with Crippen LogP contribution in [0.1, 0.15) is 12.8 Å². The van der Waals surface area contributed by atoms with Gasteiger partial charge < -0.3 is 15.5 Å². The van der Waals surface area contributed by atoms with E-state index in [1.807, 2.05) is 19.0 Å². The number of alkyl halides is 1. The minimum Gasteiger partial charge on any atom is -0.353 e. The van der Waals surface area contributed by atoms with Crippen LogP contribution < -0.4 is 10.6 Å². The maximum atomic E-state index is 11.2. The van der Waals surface area contributed by atoms with Crippen molar-refractivity contribution in [1.29, 1.82) is 0 Å². The second kappa shape index (κ2) is 9.42. The first-order valence-electron chi connectivity index (χ1n) is 5.30. The van der Waals surface area contributed by atoms with Crippen molar-refractivity contribution in [2.24, 2.45) is 0 Å². The summed E-state index contributed by atoms with van der Waals surface area (Å²) in [5.41, 5.74) is 0. The molecule has 0 aromatic heterocycles. The van der Waals surface area contributed by atoms with Gasteiger partial charge in [-0.2, -0.15) is 0 Å². The van der Waals surface area contributed by atoms with Crippen molar-refractivity contribution < 1.29 is 9.59 Å². The summed E-state index contributed by atoms with van der Waals surface area (Å²) in [5.74, 6) is 0.159. The molecule has 5 nitrogen and oxygen atoms in total. The van der Waals surface area contributed by atoms with Crippen molar-refractivity contribution in [3.8, 4) is 0 Å². The van der Waals surface area contributed by atoms with E-state index < -0.39 is 0 Å². The summed E-state index contributed by atoms with van der Waals surface area (Å²) in [6, 6.07) is 0. The van der Waals surface area contributed by atoms with Crippen LogP contribution in [-0.4, -0.2) is 56.3 Å². The maximum absolute atomic E-state index is 11.2. The van der Waals surface area contributed by atoms with Crippen LogP contribution in [0, 0.1) is 0 Å². The van der Waals surface area contributed by atoms with E-state index in [0.29, 0.717) is 25.3 Å². The number of nitrogens with zero attached hydrogens (tertiary/aromatic N) is 1. The van der Waals surface area contributed by atoms with Gasteiger partial charge in [0.05, 0.1) is 6.54 Å². The normalized spacial score (nSPS) is 10.2. The molecule has 0 aliphatic carbocycles. The number of carbonyl (C=O) groups excluding carboxylic acids is 2. The fourth-order valence-electron chi connectivity index (χ4n) is 0.976. The fourth-order valence-corrected chi connectivity index (χ4v) is 1.11. The number of hydrogen-bond donors (Lipinski definition) is 2. The third-order valence-electron chi connectivity index (χ3n) is 1.86. The van der Waals surface area contributed by atoms with Gasteiger partial charge in [-0.1, -0.05) is 0 Å². The molecule has 0 spiro atoms. The van der Waals surface area contributed by atoms with Gasteiger partial charge in [-0.25, -0.2) is 0 Å². The van der Waals surface area contributed by atoms with Gasteiger partial charge in [0, 0.05) is 25.4 Å². The van der Waals surface area contributed by atoms with Gasteiger partial charge in [0.2, 0.25) is 11.8 Å². The highest BCUT2D eigenvalue weighted by molar-refractivity contribution is 6.17. The number of hydrogen-bond acceptors (Lipinski definition) is 3. The highest BCUT2D eigenvalue weighted by Gasteiger charge is 2.04. The third-order valence-corrected chi connectivity index (χ3v) is 2.13. The Bertz CT molecular complexity index is 222. The van der Waals surface area contributed by atoms with E-state index in [9.17, 15) is 9.59 Å². The molecule has 94 valence electrons. The van der Waals surface area contributed by atoms with Gasteiger partial charge in [-0.3, -0.25) is 9.59 Å². The molecule has 0 atom stereocenters. The van der Waals surface area contributed by atoms with E-state index in [1.54, 1.807) is 0 Å². The van der Waals surface area contributed by atoms with Crippen LogP contribution in [0.4, 0.5) is 0 Å². The average molecular weight is 250 g/mol. The largest absolute Gasteiger partial charge is 0.353 e. The molecule has 0 saturated carbocycles. The second-order valence-electron chi connectivity index (χ2n) is 3.72. The Morgan fingerprint density at radius 3 is 2.44 bits per heavy atom. The Labute approximate surface area is 102 Å². The van der Waals surface area contributed by atoms with Crippen LogP contribution in [0.25, 0.3) is 0 Å². The predicted octanol–water partition coefficient (Wildman–Crippen LogP) is -0.201. The summed E-state index contributed by atoms with van der Waals surface area (Å²) in [6.07, 6.45) is 1.00. The molecule has 0 aromatic rings. The second-order valence-corrected chi connectivity index (χ2v) is 4.10. The predicted molar refractivity (Wildman–Crippen MR) is 64.5 cm³/mol. The van der Waals surface area contributed by atoms with E-state index in [4.69, 9.17) is 11.6 Å². The van der Waals surface area contributed by atoms with E-state index in [-0.39, 0.29) is 18.4 Å². The monoisotopic (exact) mass is 249 g/mol. The van der Waals surface area contributed by atoms with E-state index in [1.165, 1.54) is 0 Å². The maximum Gasteiger partial charge on any atom is 0.239 e. The lowest BCUT2D eigenvalue weighted by Gasteiger charge is -2.10. The number of carbonyl (C=O) groups is 2. The summed E-state index contributed by atoms with van der Waals surface area (Å²) >= 11 is 5.44. The fraction of sp³-hybridized carbons (Fsp3) is 0.800. The molecule has 0 aliphatic rings. The Balaban J connectivity index is 3.46. The van der Waals surface area contributed by atoms with E-state index >= 15 is 0 Å². The third kappa shape index (κ3) is 9.73. The highest BCUT2D eigenvalue weighted by Crippen LogP contribution is 1.90. The lowest BCUT2D eigenvalue weighted by molar-refractivity contribution is -0.126. The Hall–Kier alpha value is -0.810. The smallest absolute Gasteiger partial charge is 0.239 e. The minimum atomic E-state index is -0.166. The molecule has 0 bridgehead atoms. The van der Waals surface area contributed by atoms with E-state index in [2.05, 4.69) is 10.6 Å². The zero-order valence-electron chi connectivity index (χ0n) is 9.88. The summed E-state index contributed by atoms with van der Waals surface area (Å²) in [5, 5.41) is 5.24. The summed E-state index contributed by atoms with van der Waals surface area (Å²) < 4.78 is 0. The van der Waals surface area contributed by atoms with Crippen molar-refractivity contribution in [1.82, 2.24) is 15.5 Å². The molecule has 0 aromatic carbocycles. The average Bonchev–Trinajstić information content (AvgIpc) is 2.23. The number of amides is 2. The van der Waals surface area contributed by atoms with Crippen molar-refractivity contribution >= 4 is 23.4 Å². The van der Waals surface area contributed by atoms with Gasteiger partial charge in [0.15, 0.2) is 0 Å². The Kier molecular flexibility index (Phi) is 8.94. The molecule has 2 N–H and O–H groups in total. The number of nitrogens with one attached hydrogen (secondary N) is 2. The van der Waals surface area contributed by atoms with Gasteiger partial charge in [-0.15, -0.1) is 11.6 Å². The van der Waals surface area contributed by atoms with Crippen LogP contribution in [-0.2, 0) is 9.59 Å². The first-order valence-corrected chi connectivity index (χ1v) is 5.83. The topological polar surface area (TPSA) is 61.4 Å². The molecule has 16 heavy (non-hydrogen) atoms. The zero-order chi connectivity index (χ0) is 12.4. The quantitative estimate of drug-likeness (QED) is 0.586. The molecule has 2 amide bonds. The molecular formula is C10H20ClN3O2. The Morgan fingerprint density at radius 2 is 1.88 bits per heavy atom. The standard InChI is InChI=1S/C10H20ClN3O2/c1-14(2)7-6-12-10(16)8-13-9(15)4-3-5-11/h3-8H2,1-2H3,(H,12,16)(H,13,15). The van der Waals surface area contributed by atoms with Crippen LogP contribution in [0.5, 0.6) is 0 Å². The van der Waals surface area contributed by atoms with Crippen LogP contribution in [0.2, 0.25) is 0 Å². The molecular weight excluding hydrogens is 230 g/mol. The molecule has 0 saturated heterocycles. The van der Waals surface area contributed by atoms with Crippen molar-refractivity contribution in [3.63, 3.8) is 0 Å². The lowest BCUT2D eigenvalue weighted by Crippen LogP contribution is -2.39. The molecule has 0 heterocycles. The van der Waals surface area contributed by atoms with Crippen LogP contribution >= 0.6 is 11.6 Å². The summed E-state index contributed by atoms with van der Waals surface area (Å²) in [7, 11) is 3.86. The number of likely N-dealkylation sites (N-methyl/N-ethyl adjacent to an activating group) is 1. The first kappa shape index (κ1) is 15.2.